The summed E-state index contributed by atoms with van der Waals surface area (Å²) in [5.74, 6) is -0.733. The number of fused-ring (bicyclic) bond motifs is 1. The van der Waals surface area contributed by atoms with E-state index in [2.05, 4.69) is 20.4 Å². The highest BCUT2D eigenvalue weighted by Gasteiger charge is 2.31. The zero-order valence-electron chi connectivity index (χ0n) is 16.5. The Bertz CT molecular complexity index is 1380. The third-order valence-corrected chi connectivity index (χ3v) is 5.17. The number of amides is 2. The van der Waals surface area contributed by atoms with Crippen molar-refractivity contribution in [2.45, 2.75) is 32.2 Å². The summed E-state index contributed by atoms with van der Waals surface area (Å²) in [7, 11) is 0. The number of carbonyl (C=O) groups is 2. The lowest BCUT2D eigenvalue weighted by atomic mass is 10.1. The van der Waals surface area contributed by atoms with Gasteiger partial charge >= 0.3 is 5.76 Å². The summed E-state index contributed by atoms with van der Waals surface area (Å²) >= 11 is 0. The van der Waals surface area contributed by atoms with Crippen molar-refractivity contribution in [2.24, 2.45) is 0 Å². The van der Waals surface area contributed by atoms with E-state index in [4.69, 9.17) is 8.94 Å². The highest BCUT2D eigenvalue weighted by atomic mass is 16.5. The molecule has 1 atom stereocenters. The number of nitrogens with one attached hydrogen (secondary N) is 1. The Kier molecular flexibility index (Phi) is 4.46. The van der Waals surface area contributed by atoms with Gasteiger partial charge in [0.05, 0.1) is 11.9 Å². The third-order valence-electron chi connectivity index (χ3n) is 5.17. The van der Waals surface area contributed by atoms with Gasteiger partial charge < -0.3 is 8.94 Å². The van der Waals surface area contributed by atoms with Gasteiger partial charge in [-0.1, -0.05) is 11.2 Å². The molecule has 0 saturated carbocycles. The van der Waals surface area contributed by atoms with Crippen molar-refractivity contribution in [3.63, 3.8) is 0 Å². The number of oxazole rings is 1. The smallest absolute Gasteiger partial charge is 0.408 e. The molecule has 10 nitrogen and oxygen atoms in total. The summed E-state index contributed by atoms with van der Waals surface area (Å²) < 4.78 is 11.9. The van der Waals surface area contributed by atoms with E-state index in [-0.39, 0.29) is 18.7 Å². The summed E-state index contributed by atoms with van der Waals surface area (Å²) in [4.78, 5) is 44.8. The van der Waals surface area contributed by atoms with Crippen LogP contribution in [-0.4, -0.2) is 31.5 Å². The predicted octanol–water partition coefficient (Wildman–Crippen LogP) is 1.92. The summed E-state index contributed by atoms with van der Waals surface area (Å²) in [6, 6.07) is 8.14. The number of hydrogen-bond donors (Lipinski definition) is 1. The number of imide groups is 1. The molecule has 1 N–H and O–H groups in total. The van der Waals surface area contributed by atoms with E-state index in [1.54, 1.807) is 24.4 Å². The Labute approximate surface area is 174 Å². The number of nitrogens with zero attached hydrogens (tertiary/aromatic N) is 4. The first-order valence-electron chi connectivity index (χ1n) is 9.71. The van der Waals surface area contributed by atoms with E-state index < -0.39 is 17.7 Å². The maximum Gasteiger partial charge on any atom is 0.420 e. The van der Waals surface area contributed by atoms with Crippen molar-refractivity contribution in [3.05, 3.63) is 64.1 Å². The minimum atomic E-state index is -0.802. The second-order valence-electron chi connectivity index (χ2n) is 7.41. The Hall–Kier alpha value is -4.08. The van der Waals surface area contributed by atoms with Crippen LogP contribution in [0.2, 0.25) is 0 Å². The summed E-state index contributed by atoms with van der Waals surface area (Å²) in [5.41, 5.74) is 3.27. The number of aromatic nitrogens is 4. The molecule has 4 aromatic rings. The Morgan fingerprint density at radius 2 is 2.06 bits per heavy atom. The first-order valence-corrected chi connectivity index (χ1v) is 9.71. The molecule has 0 spiro atoms. The maximum absolute atomic E-state index is 12.4. The van der Waals surface area contributed by atoms with Crippen LogP contribution in [0.25, 0.3) is 22.6 Å². The van der Waals surface area contributed by atoms with Crippen molar-refractivity contribution in [1.29, 1.82) is 0 Å². The van der Waals surface area contributed by atoms with Crippen molar-refractivity contribution in [3.8, 4) is 11.5 Å². The van der Waals surface area contributed by atoms with Crippen LogP contribution >= 0.6 is 0 Å². The molecule has 0 aliphatic carbocycles. The number of piperidine rings is 1. The van der Waals surface area contributed by atoms with Gasteiger partial charge in [-0.15, -0.1) is 0 Å². The molecule has 1 aliphatic rings. The Morgan fingerprint density at radius 1 is 1.19 bits per heavy atom. The fraction of sp³-hybridized carbons (Fsp3) is 0.238. The lowest BCUT2D eigenvalue weighted by molar-refractivity contribution is -0.135. The van der Waals surface area contributed by atoms with Gasteiger partial charge in [0.2, 0.25) is 23.5 Å². The fourth-order valence-electron chi connectivity index (χ4n) is 3.68. The molecule has 2 amide bonds. The lowest BCUT2D eigenvalue weighted by Gasteiger charge is -2.21. The van der Waals surface area contributed by atoms with E-state index in [0.29, 0.717) is 34.9 Å². The zero-order valence-corrected chi connectivity index (χ0v) is 16.5. The van der Waals surface area contributed by atoms with Gasteiger partial charge in [-0.05, 0) is 48.7 Å². The minimum absolute atomic E-state index is 0.160. The highest BCUT2D eigenvalue weighted by Crippen LogP contribution is 2.25. The summed E-state index contributed by atoms with van der Waals surface area (Å²) in [6.45, 7) is 1.95. The zero-order chi connectivity index (χ0) is 21.5. The van der Waals surface area contributed by atoms with Crippen LogP contribution in [-0.2, 0) is 16.0 Å². The van der Waals surface area contributed by atoms with E-state index >= 15 is 0 Å². The number of rotatable bonds is 4. The topological polar surface area (TPSA) is 133 Å². The van der Waals surface area contributed by atoms with Gasteiger partial charge in [-0.2, -0.15) is 4.98 Å². The van der Waals surface area contributed by atoms with Crippen molar-refractivity contribution in [2.75, 3.05) is 0 Å². The Balaban J connectivity index is 1.46. The van der Waals surface area contributed by atoms with Gasteiger partial charge in [0, 0.05) is 12.6 Å². The first-order chi connectivity index (χ1) is 15.0. The largest absolute Gasteiger partial charge is 0.420 e. The SMILES string of the molecule is Cc1ccnc(-c2noc(Cc3ccc4oc(=O)n(C5CCC(=O)NC5=O)c4c3)n2)c1. The van der Waals surface area contributed by atoms with Crippen molar-refractivity contribution in [1.82, 2.24) is 25.0 Å². The molecule has 3 aromatic heterocycles. The number of benzene rings is 1. The van der Waals surface area contributed by atoms with Crippen LogP contribution in [0.5, 0.6) is 0 Å². The molecular formula is C21H17N5O5. The molecule has 1 saturated heterocycles. The molecule has 1 aliphatic heterocycles. The standard InChI is InChI=1S/C21H17N5O5/c1-11-6-7-22-13(8-11)19-24-18(31-25-19)10-12-2-4-16-15(9-12)26(21(29)30-16)14-3-5-17(27)23-20(14)28/h2,4,6-9,14H,3,5,10H2,1H3,(H,23,27,28). The van der Waals surface area contributed by atoms with Crippen molar-refractivity contribution < 1.29 is 18.5 Å². The molecule has 10 heteroatoms. The molecule has 31 heavy (non-hydrogen) atoms. The molecule has 4 heterocycles. The van der Waals surface area contributed by atoms with Gasteiger partial charge in [0.15, 0.2) is 5.58 Å². The molecule has 156 valence electrons. The molecular weight excluding hydrogens is 402 g/mol. The average Bonchev–Trinajstić information content (AvgIpc) is 3.32. The number of carbonyl (C=O) groups excluding carboxylic acids is 2. The van der Waals surface area contributed by atoms with Crippen LogP contribution in [0, 0.1) is 6.92 Å². The van der Waals surface area contributed by atoms with E-state index in [1.165, 1.54) is 4.57 Å². The fourth-order valence-corrected chi connectivity index (χ4v) is 3.68. The maximum atomic E-state index is 12.4. The number of hydrogen-bond acceptors (Lipinski definition) is 8. The second-order valence-corrected chi connectivity index (χ2v) is 7.41. The first kappa shape index (κ1) is 18.9. The second kappa shape index (κ2) is 7.31. The summed E-state index contributed by atoms with van der Waals surface area (Å²) in [6.07, 6.45) is 2.40. The number of aryl methyl sites for hydroxylation is 1. The predicted molar refractivity (Wildman–Crippen MR) is 107 cm³/mol. The van der Waals surface area contributed by atoms with E-state index in [0.717, 1.165) is 11.1 Å². The van der Waals surface area contributed by atoms with Crippen LogP contribution in [0.3, 0.4) is 0 Å². The minimum Gasteiger partial charge on any atom is -0.408 e. The average molecular weight is 419 g/mol. The highest BCUT2D eigenvalue weighted by molar-refractivity contribution is 6.00. The van der Waals surface area contributed by atoms with Crippen LogP contribution in [0.4, 0.5) is 0 Å². The van der Waals surface area contributed by atoms with Gasteiger partial charge in [0.25, 0.3) is 0 Å². The molecule has 1 aromatic carbocycles. The third kappa shape index (κ3) is 3.52. The van der Waals surface area contributed by atoms with Crippen molar-refractivity contribution >= 4 is 22.9 Å². The molecule has 1 unspecified atom stereocenters. The normalized spacial score (nSPS) is 16.6. The molecule has 0 bridgehead atoms. The molecule has 1 fully saturated rings. The number of pyridine rings is 1. The molecule has 0 radical (unpaired) electrons. The van der Waals surface area contributed by atoms with Crippen LogP contribution < -0.4 is 11.1 Å². The molecule has 5 rings (SSSR count). The quantitative estimate of drug-likeness (QED) is 0.496. The van der Waals surface area contributed by atoms with Crippen LogP contribution in [0.1, 0.15) is 35.9 Å². The van der Waals surface area contributed by atoms with Gasteiger partial charge in [0.1, 0.15) is 11.7 Å². The summed E-state index contributed by atoms with van der Waals surface area (Å²) in [5, 5.41) is 6.26. The van der Waals surface area contributed by atoms with E-state index in [1.807, 2.05) is 19.1 Å². The Morgan fingerprint density at radius 3 is 2.87 bits per heavy atom. The van der Waals surface area contributed by atoms with E-state index in [9.17, 15) is 14.4 Å². The van der Waals surface area contributed by atoms with Crippen LogP contribution in [0.15, 0.2) is 50.3 Å². The monoisotopic (exact) mass is 419 g/mol. The van der Waals surface area contributed by atoms with Gasteiger partial charge in [-0.3, -0.25) is 24.5 Å². The lowest BCUT2D eigenvalue weighted by Crippen LogP contribution is -2.43. The van der Waals surface area contributed by atoms with Gasteiger partial charge in [-0.25, -0.2) is 4.79 Å².